The lowest BCUT2D eigenvalue weighted by atomic mass is 10.0. The quantitative estimate of drug-likeness (QED) is 0.865. The fourth-order valence-electron chi connectivity index (χ4n) is 3.26. The molecular formula is C16H30N2O2. The van der Waals surface area contributed by atoms with Gasteiger partial charge in [-0.25, -0.2) is 4.79 Å². The van der Waals surface area contributed by atoms with Crippen molar-refractivity contribution < 1.29 is 9.53 Å². The minimum Gasteiger partial charge on any atom is -0.444 e. The van der Waals surface area contributed by atoms with Gasteiger partial charge in [-0.3, -0.25) is 0 Å². The maximum absolute atomic E-state index is 12.0. The van der Waals surface area contributed by atoms with E-state index in [4.69, 9.17) is 4.74 Å². The Morgan fingerprint density at radius 2 is 2.05 bits per heavy atom. The van der Waals surface area contributed by atoms with Crippen molar-refractivity contribution in [2.24, 2.45) is 11.8 Å². The molecule has 20 heavy (non-hydrogen) atoms. The molecule has 1 saturated carbocycles. The molecule has 0 aromatic carbocycles. The molecule has 1 aliphatic heterocycles. The van der Waals surface area contributed by atoms with Crippen LogP contribution < -0.4 is 5.32 Å². The number of hydrogen-bond acceptors (Lipinski definition) is 3. The van der Waals surface area contributed by atoms with E-state index in [1.807, 2.05) is 25.7 Å². The number of carbonyl (C=O) groups is 1. The lowest BCUT2D eigenvalue weighted by molar-refractivity contribution is 0.0288. The SMILES string of the molecule is CC1CCCC1NCC1CCN(C(=O)OC(C)(C)C)C1. The molecule has 2 fully saturated rings. The Morgan fingerprint density at radius 3 is 2.65 bits per heavy atom. The fourth-order valence-corrected chi connectivity index (χ4v) is 3.26. The first-order valence-electron chi connectivity index (χ1n) is 8.06. The molecule has 1 aliphatic carbocycles. The lowest BCUT2D eigenvalue weighted by Gasteiger charge is -2.25. The van der Waals surface area contributed by atoms with Crippen molar-refractivity contribution in [3.05, 3.63) is 0 Å². The molecule has 0 spiro atoms. The van der Waals surface area contributed by atoms with Crippen LogP contribution in [-0.4, -0.2) is 42.3 Å². The van der Waals surface area contributed by atoms with Gasteiger partial charge in [-0.15, -0.1) is 0 Å². The Kier molecular flexibility index (Phi) is 4.95. The van der Waals surface area contributed by atoms with E-state index in [0.29, 0.717) is 12.0 Å². The topological polar surface area (TPSA) is 41.6 Å². The number of nitrogens with one attached hydrogen (secondary N) is 1. The van der Waals surface area contributed by atoms with Gasteiger partial charge in [-0.1, -0.05) is 13.3 Å². The number of likely N-dealkylation sites (tertiary alicyclic amines) is 1. The first-order valence-corrected chi connectivity index (χ1v) is 8.06. The molecule has 4 nitrogen and oxygen atoms in total. The van der Waals surface area contributed by atoms with Crippen LogP contribution in [0.1, 0.15) is 53.4 Å². The smallest absolute Gasteiger partial charge is 0.410 e. The summed E-state index contributed by atoms with van der Waals surface area (Å²) >= 11 is 0. The Hall–Kier alpha value is -0.770. The maximum Gasteiger partial charge on any atom is 0.410 e. The van der Waals surface area contributed by atoms with Crippen LogP contribution in [0, 0.1) is 11.8 Å². The van der Waals surface area contributed by atoms with Crippen molar-refractivity contribution in [3.63, 3.8) is 0 Å². The van der Waals surface area contributed by atoms with E-state index < -0.39 is 5.60 Å². The highest BCUT2D eigenvalue weighted by Crippen LogP contribution is 2.26. The maximum atomic E-state index is 12.0. The molecule has 0 radical (unpaired) electrons. The predicted molar refractivity (Wildman–Crippen MR) is 80.7 cm³/mol. The largest absolute Gasteiger partial charge is 0.444 e. The van der Waals surface area contributed by atoms with Gasteiger partial charge in [-0.05, 0) is 58.4 Å². The standard InChI is InChI=1S/C16H30N2O2/c1-12-6-5-7-14(12)17-10-13-8-9-18(11-13)15(19)20-16(2,3)4/h12-14,17H,5-11H2,1-4H3. The molecule has 2 rings (SSSR count). The summed E-state index contributed by atoms with van der Waals surface area (Å²) in [4.78, 5) is 13.9. The van der Waals surface area contributed by atoms with Crippen LogP contribution in [0.3, 0.4) is 0 Å². The normalized spacial score (nSPS) is 30.8. The molecule has 3 unspecified atom stereocenters. The lowest BCUT2D eigenvalue weighted by Crippen LogP contribution is -2.38. The van der Waals surface area contributed by atoms with Crippen LogP contribution >= 0.6 is 0 Å². The summed E-state index contributed by atoms with van der Waals surface area (Å²) in [6, 6.07) is 0.686. The second-order valence-electron chi connectivity index (χ2n) is 7.50. The summed E-state index contributed by atoms with van der Waals surface area (Å²) < 4.78 is 5.43. The number of amides is 1. The minimum absolute atomic E-state index is 0.158. The van der Waals surface area contributed by atoms with Gasteiger partial charge in [0.1, 0.15) is 5.60 Å². The van der Waals surface area contributed by atoms with Crippen LogP contribution in [0.4, 0.5) is 4.79 Å². The van der Waals surface area contributed by atoms with E-state index in [1.165, 1.54) is 19.3 Å². The van der Waals surface area contributed by atoms with Gasteiger partial charge in [0.05, 0.1) is 0 Å². The molecule has 1 amide bonds. The average Bonchev–Trinajstić information content (AvgIpc) is 2.93. The van der Waals surface area contributed by atoms with Crippen LogP contribution in [0.2, 0.25) is 0 Å². The molecule has 2 aliphatic rings. The molecule has 0 bridgehead atoms. The van der Waals surface area contributed by atoms with Gasteiger partial charge >= 0.3 is 6.09 Å². The van der Waals surface area contributed by atoms with E-state index in [1.54, 1.807) is 0 Å². The molecule has 4 heteroatoms. The number of nitrogens with zero attached hydrogens (tertiary/aromatic N) is 1. The van der Waals surface area contributed by atoms with E-state index in [2.05, 4.69) is 12.2 Å². The van der Waals surface area contributed by atoms with Crippen LogP contribution in [-0.2, 0) is 4.74 Å². The first-order chi connectivity index (χ1) is 9.35. The highest BCUT2D eigenvalue weighted by molar-refractivity contribution is 5.68. The molecule has 0 aromatic rings. The van der Waals surface area contributed by atoms with Crippen LogP contribution in [0.15, 0.2) is 0 Å². The zero-order valence-electron chi connectivity index (χ0n) is 13.4. The second kappa shape index (κ2) is 6.33. The van der Waals surface area contributed by atoms with E-state index >= 15 is 0 Å². The summed E-state index contributed by atoms with van der Waals surface area (Å²) in [6.45, 7) is 10.8. The minimum atomic E-state index is -0.396. The summed E-state index contributed by atoms with van der Waals surface area (Å²) in [5.41, 5.74) is -0.396. The van der Waals surface area contributed by atoms with Gasteiger partial charge in [0.25, 0.3) is 0 Å². The third-order valence-corrected chi connectivity index (χ3v) is 4.47. The summed E-state index contributed by atoms with van der Waals surface area (Å²) in [5, 5.41) is 3.70. The number of ether oxygens (including phenoxy) is 1. The number of hydrogen-bond donors (Lipinski definition) is 1. The van der Waals surface area contributed by atoms with E-state index in [0.717, 1.165) is 32.0 Å². The fraction of sp³-hybridized carbons (Fsp3) is 0.938. The Labute approximate surface area is 123 Å². The van der Waals surface area contributed by atoms with Crippen molar-refractivity contribution in [2.75, 3.05) is 19.6 Å². The average molecular weight is 282 g/mol. The molecule has 0 aromatic heterocycles. The van der Waals surface area contributed by atoms with Gasteiger partial charge < -0.3 is 15.0 Å². The summed E-state index contributed by atoms with van der Waals surface area (Å²) in [5.74, 6) is 1.38. The molecular weight excluding hydrogens is 252 g/mol. The number of rotatable bonds is 3. The van der Waals surface area contributed by atoms with Crippen molar-refractivity contribution in [1.29, 1.82) is 0 Å². The monoisotopic (exact) mass is 282 g/mol. The van der Waals surface area contributed by atoms with Crippen LogP contribution in [0.25, 0.3) is 0 Å². The summed E-state index contributed by atoms with van der Waals surface area (Å²) in [7, 11) is 0. The van der Waals surface area contributed by atoms with Gasteiger partial charge in [0, 0.05) is 19.1 Å². The molecule has 3 atom stereocenters. The Bertz CT molecular complexity index is 338. The van der Waals surface area contributed by atoms with Crippen molar-refractivity contribution >= 4 is 6.09 Å². The van der Waals surface area contributed by atoms with Gasteiger partial charge in [0.2, 0.25) is 0 Å². The molecule has 1 N–H and O–H groups in total. The molecule has 1 heterocycles. The van der Waals surface area contributed by atoms with Crippen LogP contribution in [0.5, 0.6) is 0 Å². The highest BCUT2D eigenvalue weighted by Gasteiger charge is 2.30. The third-order valence-electron chi connectivity index (χ3n) is 4.47. The van der Waals surface area contributed by atoms with Crippen molar-refractivity contribution in [1.82, 2.24) is 10.2 Å². The second-order valence-corrected chi connectivity index (χ2v) is 7.50. The van der Waals surface area contributed by atoms with E-state index in [9.17, 15) is 4.79 Å². The van der Waals surface area contributed by atoms with Gasteiger partial charge in [-0.2, -0.15) is 0 Å². The van der Waals surface area contributed by atoms with E-state index in [-0.39, 0.29) is 6.09 Å². The zero-order valence-corrected chi connectivity index (χ0v) is 13.4. The third kappa shape index (κ3) is 4.37. The number of carbonyl (C=O) groups excluding carboxylic acids is 1. The molecule has 1 saturated heterocycles. The van der Waals surface area contributed by atoms with Crippen molar-refractivity contribution in [2.45, 2.75) is 65.0 Å². The molecule has 116 valence electrons. The van der Waals surface area contributed by atoms with Gasteiger partial charge in [0.15, 0.2) is 0 Å². The first kappa shape index (κ1) is 15.6. The Morgan fingerprint density at radius 1 is 1.30 bits per heavy atom. The van der Waals surface area contributed by atoms with Crippen molar-refractivity contribution in [3.8, 4) is 0 Å². The Balaban J connectivity index is 1.71. The predicted octanol–water partition coefficient (Wildman–Crippen LogP) is 3.02. The zero-order chi connectivity index (χ0) is 14.8. The summed E-state index contributed by atoms with van der Waals surface area (Å²) in [6.07, 6.45) is 4.95. The highest BCUT2D eigenvalue weighted by atomic mass is 16.6.